The minimum absolute atomic E-state index is 0.0960. The lowest BCUT2D eigenvalue weighted by atomic mass is 10.2. The molecule has 0 radical (unpaired) electrons. The van der Waals surface area contributed by atoms with E-state index in [9.17, 15) is 9.59 Å². The van der Waals surface area contributed by atoms with Crippen molar-refractivity contribution < 1.29 is 4.43 Å². The van der Waals surface area contributed by atoms with Crippen LogP contribution in [0.3, 0.4) is 0 Å². The molecule has 1 rings (SSSR count). The van der Waals surface area contributed by atoms with E-state index in [0.29, 0.717) is 0 Å². The largest absolute Gasteiger partial charge is 0.399 e. The topological polar surface area (TPSA) is 64.1 Å². The zero-order valence-electron chi connectivity index (χ0n) is 11.0. The number of hydrogen-bond donors (Lipinski definition) is 1. The minimum atomic E-state index is -1.88. The Bertz CT molecular complexity index is 496. The van der Waals surface area contributed by atoms with E-state index in [1.165, 1.54) is 16.8 Å². The number of aromatic nitrogens is 2. The zero-order valence-corrected chi connectivity index (χ0v) is 12.0. The van der Waals surface area contributed by atoms with E-state index in [0.717, 1.165) is 0 Å². The molecule has 1 aromatic heterocycles. The van der Waals surface area contributed by atoms with Gasteiger partial charge in [0.05, 0.1) is 0 Å². The summed E-state index contributed by atoms with van der Waals surface area (Å²) in [6.45, 7) is 10.8. The fraction of sp³-hybridized carbons (Fsp3) is 0.636. The molecule has 96 valence electrons. The number of hydrogen-bond acceptors (Lipinski definition) is 3. The second kappa shape index (κ2) is 4.62. The number of aromatic amines is 1. The summed E-state index contributed by atoms with van der Waals surface area (Å²) in [5.41, 5.74) is -0.824. The summed E-state index contributed by atoms with van der Waals surface area (Å²) >= 11 is 0. The molecule has 1 N–H and O–H groups in total. The van der Waals surface area contributed by atoms with Gasteiger partial charge in [-0.15, -0.1) is 0 Å². The molecule has 6 heteroatoms. The van der Waals surface area contributed by atoms with Crippen molar-refractivity contribution in [2.24, 2.45) is 0 Å². The van der Waals surface area contributed by atoms with Crippen LogP contribution in [0.2, 0.25) is 18.1 Å². The van der Waals surface area contributed by atoms with Crippen molar-refractivity contribution in [2.75, 3.05) is 0 Å². The summed E-state index contributed by atoms with van der Waals surface area (Å²) in [6, 6.07) is 1.32. The number of H-pyrrole nitrogens is 1. The Labute approximate surface area is 102 Å². The lowest BCUT2D eigenvalue weighted by Gasteiger charge is -2.36. The third-order valence-electron chi connectivity index (χ3n) is 3.27. The third kappa shape index (κ3) is 3.40. The summed E-state index contributed by atoms with van der Waals surface area (Å²) in [7, 11) is -1.88. The van der Waals surface area contributed by atoms with E-state index in [2.05, 4.69) is 38.8 Å². The number of nitrogens with zero attached hydrogens (tertiary/aromatic N) is 1. The van der Waals surface area contributed by atoms with Gasteiger partial charge in [0.1, 0.15) is 6.73 Å². The molecule has 0 unspecified atom stereocenters. The maximum absolute atomic E-state index is 11.4. The average Bonchev–Trinajstić information content (AvgIpc) is 2.14. The first-order valence-electron chi connectivity index (χ1n) is 5.57. The molecule has 0 fully saturated rings. The SMILES string of the molecule is CC(C)(C)[Si](C)(C)OCn1ccc(=O)[nH]c1=O. The van der Waals surface area contributed by atoms with Crippen LogP contribution >= 0.6 is 0 Å². The van der Waals surface area contributed by atoms with Gasteiger partial charge >= 0.3 is 5.69 Å². The summed E-state index contributed by atoms with van der Waals surface area (Å²) in [5, 5.41) is 0.0960. The van der Waals surface area contributed by atoms with Crippen LogP contribution in [0.1, 0.15) is 20.8 Å². The molecule has 0 atom stereocenters. The van der Waals surface area contributed by atoms with E-state index in [-0.39, 0.29) is 11.8 Å². The highest BCUT2D eigenvalue weighted by atomic mass is 28.4. The maximum Gasteiger partial charge on any atom is 0.330 e. The maximum atomic E-state index is 11.4. The van der Waals surface area contributed by atoms with Gasteiger partial charge in [-0.3, -0.25) is 14.3 Å². The van der Waals surface area contributed by atoms with Crippen molar-refractivity contribution >= 4 is 8.32 Å². The molecule has 0 saturated heterocycles. The summed E-state index contributed by atoms with van der Waals surface area (Å²) in [4.78, 5) is 24.6. The Kier molecular flexibility index (Phi) is 3.78. The molecule has 0 aliphatic heterocycles. The van der Waals surface area contributed by atoms with Crippen LogP contribution in [0.15, 0.2) is 21.9 Å². The normalized spacial score (nSPS) is 12.8. The van der Waals surface area contributed by atoms with E-state index >= 15 is 0 Å². The van der Waals surface area contributed by atoms with Crippen LogP contribution in [0.4, 0.5) is 0 Å². The van der Waals surface area contributed by atoms with E-state index in [1.54, 1.807) is 0 Å². The molecule has 0 amide bonds. The van der Waals surface area contributed by atoms with E-state index in [4.69, 9.17) is 4.43 Å². The van der Waals surface area contributed by atoms with Crippen LogP contribution in [0.5, 0.6) is 0 Å². The van der Waals surface area contributed by atoms with Gasteiger partial charge in [0.25, 0.3) is 5.56 Å². The van der Waals surface area contributed by atoms with E-state index < -0.39 is 19.6 Å². The Morgan fingerprint density at radius 2 is 1.94 bits per heavy atom. The van der Waals surface area contributed by atoms with Crippen LogP contribution in [0, 0.1) is 0 Å². The molecule has 1 heterocycles. The van der Waals surface area contributed by atoms with Gasteiger partial charge in [-0.2, -0.15) is 0 Å². The van der Waals surface area contributed by atoms with Crippen molar-refractivity contribution in [3.05, 3.63) is 33.1 Å². The predicted octanol–water partition coefficient (Wildman–Crippen LogP) is 1.52. The van der Waals surface area contributed by atoms with Crippen LogP contribution in [-0.2, 0) is 11.2 Å². The van der Waals surface area contributed by atoms with Gasteiger partial charge in [-0.25, -0.2) is 4.79 Å². The Balaban J connectivity index is 2.81. The zero-order chi connectivity index (χ0) is 13.3. The first-order chi connectivity index (χ1) is 7.63. The minimum Gasteiger partial charge on any atom is -0.399 e. The average molecular weight is 256 g/mol. The second-order valence-electron chi connectivity index (χ2n) is 5.61. The van der Waals surface area contributed by atoms with Crippen molar-refractivity contribution in [3.63, 3.8) is 0 Å². The van der Waals surface area contributed by atoms with Crippen LogP contribution in [0.25, 0.3) is 0 Å². The monoisotopic (exact) mass is 256 g/mol. The number of nitrogens with one attached hydrogen (secondary N) is 1. The van der Waals surface area contributed by atoms with E-state index in [1.807, 2.05) is 0 Å². The smallest absolute Gasteiger partial charge is 0.330 e. The van der Waals surface area contributed by atoms with Crippen molar-refractivity contribution in [3.8, 4) is 0 Å². The molecule has 1 aromatic rings. The molecule has 5 nitrogen and oxygen atoms in total. The Morgan fingerprint density at radius 1 is 1.35 bits per heavy atom. The Hall–Kier alpha value is -1.14. The van der Waals surface area contributed by atoms with Gasteiger partial charge in [0.2, 0.25) is 0 Å². The first kappa shape index (κ1) is 13.9. The molecule has 0 bridgehead atoms. The van der Waals surface area contributed by atoms with Crippen molar-refractivity contribution in [1.82, 2.24) is 9.55 Å². The highest BCUT2D eigenvalue weighted by molar-refractivity contribution is 6.74. The highest BCUT2D eigenvalue weighted by Crippen LogP contribution is 2.36. The predicted molar refractivity (Wildman–Crippen MR) is 69.6 cm³/mol. The number of rotatable bonds is 3. The molecule has 0 aromatic carbocycles. The fourth-order valence-electron chi connectivity index (χ4n) is 0.993. The lowest BCUT2D eigenvalue weighted by molar-refractivity contribution is 0.207. The molecular formula is C11H20N2O3Si. The second-order valence-corrected chi connectivity index (χ2v) is 10.4. The van der Waals surface area contributed by atoms with Gasteiger partial charge in [0, 0.05) is 12.3 Å². The van der Waals surface area contributed by atoms with Crippen LogP contribution < -0.4 is 11.2 Å². The fourth-order valence-corrected chi connectivity index (χ4v) is 1.89. The van der Waals surface area contributed by atoms with Gasteiger partial charge in [-0.1, -0.05) is 20.8 Å². The molecule has 0 aliphatic rings. The van der Waals surface area contributed by atoms with Crippen molar-refractivity contribution in [1.29, 1.82) is 0 Å². The van der Waals surface area contributed by atoms with Crippen LogP contribution in [-0.4, -0.2) is 17.9 Å². The van der Waals surface area contributed by atoms with Gasteiger partial charge in [-0.05, 0) is 18.1 Å². The molecule has 0 saturated carbocycles. The molecule has 0 spiro atoms. The first-order valence-corrected chi connectivity index (χ1v) is 8.48. The highest BCUT2D eigenvalue weighted by Gasteiger charge is 2.37. The summed E-state index contributed by atoms with van der Waals surface area (Å²) in [5.74, 6) is 0. The van der Waals surface area contributed by atoms with Gasteiger partial charge in [0.15, 0.2) is 8.32 Å². The molecule has 17 heavy (non-hydrogen) atoms. The molecule has 0 aliphatic carbocycles. The standard InChI is InChI=1S/C11H20N2O3Si/c1-11(2,3)17(4,5)16-8-13-7-6-9(14)12-10(13)15/h6-7H,8H2,1-5H3,(H,12,14,15). The Morgan fingerprint density at radius 3 is 2.41 bits per heavy atom. The summed E-state index contributed by atoms with van der Waals surface area (Å²) < 4.78 is 7.24. The quantitative estimate of drug-likeness (QED) is 0.834. The third-order valence-corrected chi connectivity index (χ3v) is 7.73. The van der Waals surface area contributed by atoms with Gasteiger partial charge < -0.3 is 4.43 Å². The molecular weight excluding hydrogens is 236 g/mol. The lowest BCUT2D eigenvalue weighted by Crippen LogP contribution is -2.42. The summed E-state index contributed by atoms with van der Waals surface area (Å²) in [6.07, 6.45) is 1.45. The van der Waals surface area contributed by atoms with Crippen molar-refractivity contribution in [2.45, 2.75) is 45.6 Å².